The largest absolute Gasteiger partial charge is 0.290 e. The summed E-state index contributed by atoms with van der Waals surface area (Å²) in [7, 11) is 1.67. The summed E-state index contributed by atoms with van der Waals surface area (Å²) in [6.07, 6.45) is 6.02. The summed E-state index contributed by atoms with van der Waals surface area (Å²) < 4.78 is 1.49. The van der Waals surface area contributed by atoms with Crippen molar-refractivity contribution >= 4 is 45.8 Å². The average molecular weight is 516 g/mol. The number of allylic oxidation sites excluding steroid dienone is 1. The number of aromatic nitrogens is 3. The van der Waals surface area contributed by atoms with Crippen molar-refractivity contribution in [2.45, 2.75) is 24.4 Å². The van der Waals surface area contributed by atoms with Gasteiger partial charge >= 0.3 is 0 Å². The molecular weight excluding hydrogens is 494 g/mol. The number of hydrogen-bond acceptors (Lipinski definition) is 8. The fourth-order valence-corrected chi connectivity index (χ4v) is 5.22. The zero-order valence-electron chi connectivity index (χ0n) is 20.0. The van der Waals surface area contributed by atoms with Crippen molar-refractivity contribution in [2.24, 2.45) is 7.05 Å². The molecule has 0 spiro atoms. The molecule has 1 aliphatic rings. The Labute approximate surface area is 215 Å². The normalized spacial score (nSPS) is 14.1. The third kappa shape index (κ3) is 4.38. The second kappa shape index (κ2) is 9.58. The van der Waals surface area contributed by atoms with Crippen molar-refractivity contribution in [1.29, 1.82) is 0 Å². The Hall–Kier alpha value is -4.38. The predicted molar refractivity (Wildman–Crippen MR) is 143 cm³/mol. The molecule has 2 heterocycles. The molecule has 0 atom stereocenters. The maximum absolute atomic E-state index is 13.5. The zero-order valence-corrected chi connectivity index (χ0v) is 20.8. The molecule has 37 heavy (non-hydrogen) atoms. The molecule has 0 aliphatic heterocycles. The molecular formula is C26H21N5O5S. The van der Waals surface area contributed by atoms with Gasteiger partial charge in [-0.1, -0.05) is 11.8 Å². The van der Waals surface area contributed by atoms with Crippen LogP contribution >= 0.6 is 11.8 Å². The molecule has 0 bridgehead atoms. The minimum absolute atomic E-state index is 0.0143. The highest BCUT2D eigenvalue weighted by Crippen LogP contribution is 2.40. The van der Waals surface area contributed by atoms with Crippen LogP contribution in [0.25, 0.3) is 33.8 Å². The Bertz CT molecular complexity index is 1660. The molecule has 10 nitrogen and oxygen atoms in total. The minimum atomic E-state index is -0.458. The van der Waals surface area contributed by atoms with Crippen molar-refractivity contribution < 1.29 is 9.85 Å². The summed E-state index contributed by atoms with van der Waals surface area (Å²) in [6.45, 7) is 0. The quantitative estimate of drug-likeness (QED) is 0.149. The fraction of sp³-hybridized carbons (Fsp3) is 0.192. The highest BCUT2D eigenvalue weighted by Gasteiger charge is 2.26. The molecule has 2 aromatic heterocycles. The first kappa shape index (κ1) is 24.3. The number of non-ortho nitro benzene ring substituents is 2. The van der Waals surface area contributed by atoms with Crippen molar-refractivity contribution in [3.05, 3.63) is 95.9 Å². The second-order valence-corrected chi connectivity index (χ2v) is 9.42. The number of thioether (sulfide) groups is 1. The van der Waals surface area contributed by atoms with Gasteiger partial charge in [-0.3, -0.25) is 29.6 Å². The molecule has 0 N–H and O–H groups in total. The zero-order chi connectivity index (χ0) is 26.3. The van der Waals surface area contributed by atoms with E-state index in [4.69, 9.17) is 4.98 Å². The van der Waals surface area contributed by atoms with E-state index in [1.807, 2.05) is 12.3 Å². The van der Waals surface area contributed by atoms with E-state index in [-0.39, 0.29) is 16.9 Å². The number of benzene rings is 2. The first-order chi connectivity index (χ1) is 17.8. The molecule has 5 rings (SSSR count). The lowest BCUT2D eigenvalue weighted by Crippen LogP contribution is -2.22. The highest BCUT2D eigenvalue weighted by atomic mass is 32.2. The summed E-state index contributed by atoms with van der Waals surface area (Å²) >= 11 is 1.34. The Kier molecular flexibility index (Phi) is 6.30. The lowest BCUT2D eigenvalue weighted by atomic mass is 9.84. The van der Waals surface area contributed by atoms with E-state index in [0.717, 1.165) is 35.2 Å². The van der Waals surface area contributed by atoms with Crippen molar-refractivity contribution in [3.63, 3.8) is 0 Å². The number of nitro benzene ring substituents is 2. The molecule has 2 aromatic carbocycles. The van der Waals surface area contributed by atoms with Crippen molar-refractivity contribution in [2.75, 3.05) is 6.26 Å². The van der Waals surface area contributed by atoms with Crippen LogP contribution in [0.15, 0.2) is 58.5 Å². The Morgan fingerprint density at radius 1 is 0.946 bits per heavy atom. The minimum Gasteiger partial charge on any atom is -0.290 e. The van der Waals surface area contributed by atoms with E-state index in [2.05, 4.69) is 4.98 Å². The highest BCUT2D eigenvalue weighted by molar-refractivity contribution is 7.98. The lowest BCUT2D eigenvalue weighted by Gasteiger charge is -2.23. The topological polar surface area (TPSA) is 134 Å². The number of rotatable bonds is 5. The van der Waals surface area contributed by atoms with Crippen LogP contribution in [0.3, 0.4) is 0 Å². The van der Waals surface area contributed by atoms with Crippen molar-refractivity contribution in [3.8, 4) is 11.1 Å². The van der Waals surface area contributed by atoms with Crippen LogP contribution < -0.4 is 5.56 Å². The van der Waals surface area contributed by atoms with Gasteiger partial charge in [-0.15, -0.1) is 0 Å². The van der Waals surface area contributed by atoms with Crippen LogP contribution in [-0.4, -0.2) is 30.6 Å². The molecule has 0 saturated carbocycles. The first-order valence-electron chi connectivity index (χ1n) is 11.5. The molecule has 4 aromatic rings. The van der Waals surface area contributed by atoms with Crippen LogP contribution in [0.4, 0.5) is 11.4 Å². The number of nitro groups is 2. The summed E-state index contributed by atoms with van der Waals surface area (Å²) in [5.74, 6) is 0. The standard InChI is InChI=1S/C26H21N5O5S/c1-29-25(32)22-21(16-8-12-19(13-9-16)31(35)36)20-5-3-4-17(23(20)27-24(22)28-26(29)37-2)14-15-6-10-18(11-7-15)30(33)34/h6-14H,3-5H2,1-2H3/b17-14+. The lowest BCUT2D eigenvalue weighted by molar-refractivity contribution is -0.385. The molecule has 0 amide bonds. The van der Waals surface area contributed by atoms with E-state index < -0.39 is 9.85 Å². The Balaban J connectivity index is 1.79. The number of nitrogens with zero attached hydrogens (tertiary/aromatic N) is 5. The third-order valence-electron chi connectivity index (χ3n) is 6.46. The van der Waals surface area contributed by atoms with Crippen LogP contribution in [0, 0.1) is 20.2 Å². The van der Waals surface area contributed by atoms with Crippen LogP contribution in [0.2, 0.25) is 0 Å². The van der Waals surface area contributed by atoms with Gasteiger partial charge in [-0.25, -0.2) is 9.97 Å². The van der Waals surface area contributed by atoms with E-state index >= 15 is 0 Å². The van der Waals surface area contributed by atoms with Crippen LogP contribution in [0.5, 0.6) is 0 Å². The van der Waals surface area contributed by atoms with Gasteiger partial charge in [0, 0.05) is 36.9 Å². The summed E-state index contributed by atoms with van der Waals surface area (Å²) in [4.78, 5) is 44.4. The number of pyridine rings is 1. The third-order valence-corrected chi connectivity index (χ3v) is 7.19. The average Bonchev–Trinajstić information content (AvgIpc) is 2.90. The van der Waals surface area contributed by atoms with E-state index in [1.54, 1.807) is 31.3 Å². The van der Waals surface area contributed by atoms with E-state index in [9.17, 15) is 25.0 Å². The van der Waals surface area contributed by atoms with Gasteiger partial charge < -0.3 is 0 Å². The van der Waals surface area contributed by atoms with Gasteiger partial charge in [0.05, 0.1) is 20.9 Å². The summed E-state index contributed by atoms with van der Waals surface area (Å²) in [5, 5.41) is 23.2. The predicted octanol–water partition coefficient (Wildman–Crippen LogP) is 5.41. The van der Waals surface area contributed by atoms with Gasteiger partial charge in [-0.05, 0) is 78.1 Å². The van der Waals surface area contributed by atoms with E-state index in [1.165, 1.54) is 40.6 Å². The second-order valence-electron chi connectivity index (χ2n) is 8.65. The number of hydrogen-bond donors (Lipinski definition) is 0. The van der Waals surface area contributed by atoms with E-state index in [0.29, 0.717) is 33.7 Å². The monoisotopic (exact) mass is 515 g/mol. The van der Waals surface area contributed by atoms with Gasteiger partial charge in [-0.2, -0.15) is 0 Å². The summed E-state index contributed by atoms with van der Waals surface area (Å²) in [6, 6.07) is 12.5. The molecule has 11 heteroatoms. The van der Waals surface area contributed by atoms with Gasteiger partial charge in [0.1, 0.15) is 0 Å². The molecule has 1 aliphatic carbocycles. The van der Waals surface area contributed by atoms with Crippen molar-refractivity contribution in [1.82, 2.24) is 14.5 Å². The van der Waals surface area contributed by atoms with Crippen LogP contribution in [0.1, 0.15) is 29.7 Å². The SMILES string of the molecule is CSc1nc2nc3c(c(-c4ccc([N+](=O)[O-])cc4)c2c(=O)n1C)CCC/C3=C\c1ccc([N+](=O)[O-])cc1. The first-order valence-corrected chi connectivity index (χ1v) is 12.7. The summed E-state index contributed by atoms with van der Waals surface area (Å²) in [5.41, 5.74) is 4.77. The Morgan fingerprint density at radius 2 is 1.57 bits per heavy atom. The molecule has 0 radical (unpaired) electrons. The molecule has 186 valence electrons. The van der Waals surface area contributed by atoms with Gasteiger partial charge in [0.2, 0.25) is 0 Å². The van der Waals surface area contributed by atoms with Gasteiger partial charge in [0.15, 0.2) is 10.8 Å². The number of fused-ring (bicyclic) bond motifs is 2. The van der Waals surface area contributed by atoms with Crippen LogP contribution in [-0.2, 0) is 13.5 Å². The Morgan fingerprint density at radius 3 is 2.16 bits per heavy atom. The fourth-order valence-electron chi connectivity index (χ4n) is 4.68. The maximum Gasteiger partial charge on any atom is 0.269 e. The molecule has 0 saturated heterocycles. The maximum atomic E-state index is 13.5. The smallest absolute Gasteiger partial charge is 0.269 e. The van der Waals surface area contributed by atoms with Gasteiger partial charge in [0.25, 0.3) is 16.9 Å². The molecule has 0 unspecified atom stereocenters. The molecule has 0 fully saturated rings.